The molecule has 120 valence electrons. The van der Waals surface area contributed by atoms with Crippen LogP contribution in [0.25, 0.3) is 22.0 Å². The summed E-state index contributed by atoms with van der Waals surface area (Å²) in [6, 6.07) is 10.2. The van der Waals surface area contributed by atoms with Crippen molar-refractivity contribution >= 4 is 39.6 Å². The van der Waals surface area contributed by atoms with Gasteiger partial charge in [-0.15, -0.1) is 0 Å². The average Bonchev–Trinajstić information content (AvgIpc) is 2.88. The van der Waals surface area contributed by atoms with E-state index in [1.165, 1.54) is 0 Å². The summed E-state index contributed by atoms with van der Waals surface area (Å²) in [4.78, 5) is 0. The summed E-state index contributed by atoms with van der Waals surface area (Å²) in [6.07, 6.45) is 0. The first-order valence-electron chi connectivity index (χ1n) is 7.43. The molecule has 5 nitrogen and oxygen atoms in total. The minimum Gasteiger partial charge on any atom is -0.388 e. The maximum Gasteiger partial charge on any atom is 0.134 e. The molecule has 0 aliphatic heterocycles. The van der Waals surface area contributed by atoms with Gasteiger partial charge in [0.2, 0.25) is 0 Å². The number of hydrogen-bond donors (Lipinski definition) is 3. The highest BCUT2D eigenvalue weighted by molar-refractivity contribution is 6.34. The highest BCUT2D eigenvalue weighted by Gasteiger charge is 2.17. The number of benzene rings is 2. The highest BCUT2D eigenvalue weighted by atomic mass is 35.5. The molecule has 6 heteroatoms. The van der Waals surface area contributed by atoms with E-state index in [1.807, 2.05) is 40.3 Å². The fraction of sp³-hybridized carbons (Fsp3) is 0.235. The van der Waals surface area contributed by atoms with Crippen molar-refractivity contribution < 1.29 is 0 Å². The molecule has 0 atom stereocenters. The van der Waals surface area contributed by atoms with Gasteiger partial charge in [-0.1, -0.05) is 23.7 Å². The zero-order chi connectivity index (χ0) is 16.6. The molecule has 0 aliphatic rings. The van der Waals surface area contributed by atoms with Crippen LogP contribution in [-0.2, 0) is 7.05 Å². The van der Waals surface area contributed by atoms with Crippen LogP contribution < -0.4 is 16.0 Å². The summed E-state index contributed by atoms with van der Waals surface area (Å²) in [5.41, 5.74) is 6.10. The molecular weight excluding hydrogens is 310 g/mol. The van der Waals surface area contributed by atoms with Gasteiger partial charge in [-0.25, -0.2) is 0 Å². The fourth-order valence-corrected chi connectivity index (χ4v) is 3.05. The number of nitrogens with zero attached hydrogens (tertiary/aromatic N) is 2. The number of anilines is 3. The molecule has 23 heavy (non-hydrogen) atoms. The number of hydrogen-bond acceptors (Lipinski definition) is 4. The minimum atomic E-state index is 0.644. The van der Waals surface area contributed by atoms with Gasteiger partial charge in [-0.2, -0.15) is 5.10 Å². The Bertz CT molecular complexity index is 844. The Balaban J connectivity index is 2.36. The van der Waals surface area contributed by atoms with E-state index in [4.69, 9.17) is 11.6 Å². The van der Waals surface area contributed by atoms with Gasteiger partial charge in [-0.05, 0) is 18.2 Å². The van der Waals surface area contributed by atoms with E-state index in [1.54, 1.807) is 4.68 Å². The van der Waals surface area contributed by atoms with Crippen molar-refractivity contribution in [3.05, 3.63) is 35.5 Å². The second-order valence-electron chi connectivity index (χ2n) is 5.31. The van der Waals surface area contributed by atoms with Crippen molar-refractivity contribution in [2.45, 2.75) is 0 Å². The van der Waals surface area contributed by atoms with Crippen LogP contribution in [0.15, 0.2) is 30.3 Å². The molecule has 0 fully saturated rings. The van der Waals surface area contributed by atoms with Crippen molar-refractivity contribution in [3.8, 4) is 11.1 Å². The van der Waals surface area contributed by atoms with Crippen molar-refractivity contribution in [1.82, 2.24) is 9.78 Å². The average molecular weight is 330 g/mol. The Morgan fingerprint density at radius 3 is 2.22 bits per heavy atom. The molecular formula is C17H20ClN5. The van der Waals surface area contributed by atoms with Crippen LogP contribution in [0.2, 0.25) is 5.15 Å². The van der Waals surface area contributed by atoms with Gasteiger partial charge in [-0.3, -0.25) is 4.68 Å². The second kappa shape index (κ2) is 6.01. The van der Waals surface area contributed by atoms with Gasteiger partial charge in [0.25, 0.3) is 0 Å². The van der Waals surface area contributed by atoms with Crippen molar-refractivity contribution in [3.63, 3.8) is 0 Å². The normalized spacial score (nSPS) is 10.8. The van der Waals surface area contributed by atoms with Gasteiger partial charge in [0.05, 0.1) is 0 Å². The second-order valence-corrected chi connectivity index (χ2v) is 5.67. The molecule has 0 amide bonds. The van der Waals surface area contributed by atoms with Crippen LogP contribution in [-0.4, -0.2) is 30.9 Å². The third kappa shape index (κ3) is 2.47. The van der Waals surface area contributed by atoms with E-state index in [2.05, 4.69) is 39.2 Å². The van der Waals surface area contributed by atoms with Crippen molar-refractivity contribution in [2.75, 3.05) is 37.1 Å². The van der Waals surface area contributed by atoms with E-state index in [0.717, 1.165) is 39.1 Å². The van der Waals surface area contributed by atoms with Crippen LogP contribution in [0, 0.1) is 0 Å². The molecule has 0 unspecified atom stereocenters. The lowest BCUT2D eigenvalue weighted by Gasteiger charge is -2.17. The summed E-state index contributed by atoms with van der Waals surface area (Å²) in [6.45, 7) is 0. The summed E-state index contributed by atoms with van der Waals surface area (Å²) >= 11 is 6.36. The van der Waals surface area contributed by atoms with E-state index < -0.39 is 0 Å². The predicted molar refractivity (Wildman–Crippen MR) is 99.8 cm³/mol. The monoisotopic (exact) mass is 329 g/mol. The van der Waals surface area contributed by atoms with E-state index in [9.17, 15) is 0 Å². The molecule has 0 saturated heterocycles. The number of nitrogens with one attached hydrogen (secondary N) is 3. The standard InChI is InChI=1S/C17H20ClN5/c1-19-10-8-13(20-2)15(14(9-10)21-3)11-6-5-7-12-16(11)22-23(4)17(12)18/h5-9,19-21H,1-4H3. The molecule has 3 N–H and O–H groups in total. The molecule has 1 aromatic heterocycles. The molecule has 0 bridgehead atoms. The van der Waals surface area contributed by atoms with E-state index >= 15 is 0 Å². The highest BCUT2D eigenvalue weighted by Crippen LogP contribution is 2.41. The number of halogens is 1. The lowest BCUT2D eigenvalue weighted by Crippen LogP contribution is -2.01. The first-order valence-corrected chi connectivity index (χ1v) is 7.81. The van der Waals surface area contributed by atoms with Crippen LogP contribution in [0.4, 0.5) is 17.1 Å². The number of rotatable bonds is 4. The Kier molecular flexibility index (Phi) is 4.05. The molecule has 1 heterocycles. The zero-order valence-electron chi connectivity index (χ0n) is 13.7. The Labute approximate surface area is 140 Å². The first-order chi connectivity index (χ1) is 11.1. The Hall–Kier alpha value is -2.40. The summed E-state index contributed by atoms with van der Waals surface area (Å²) < 4.78 is 1.70. The SMILES string of the molecule is CNc1cc(NC)c(-c2cccc3c(Cl)n(C)nc23)c(NC)c1. The summed E-state index contributed by atoms with van der Waals surface area (Å²) in [7, 11) is 7.60. The van der Waals surface area contributed by atoms with Crippen LogP contribution in [0.1, 0.15) is 0 Å². The van der Waals surface area contributed by atoms with E-state index in [0.29, 0.717) is 5.15 Å². The van der Waals surface area contributed by atoms with Gasteiger partial charge >= 0.3 is 0 Å². The van der Waals surface area contributed by atoms with Crippen molar-refractivity contribution in [1.29, 1.82) is 0 Å². The van der Waals surface area contributed by atoms with Gasteiger partial charge in [0.1, 0.15) is 10.7 Å². The van der Waals surface area contributed by atoms with E-state index in [-0.39, 0.29) is 0 Å². The molecule has 2 aromatic carbocycles. The topological polar surface area (TPSA) is 53.9 Å². The minimum absolute atomic E-state index is 0.644. The largest absolute Gasteiger partial charge is 0.388 e. The molecule has 0 aliphatic carbocycles. The van der Waals surface area contributed by atoms with Gasteiger partial charge < -0.3 is 16.0 Å². The number of aryl methyl sites for hydroxylation is 1. The third-order valence-electron chi connectivity index (χ3n) is 4.03. The fourth-order valence-electron chi connectivity index (χ4n) is 2.86. The maximum atomic E-state index is 6.36. The van der Waals surface area contributed by atoms with Crippen LogP contribution >= 0.6 is 11.6 Å². The lowest BCUT2D eigenvalue weighted by molar-refractivity contribution is 0.781. The Morgan fingerprint density at radius 1 is 1.00 bits per heavy atom. The summed E-state index contributed by atoms with van der Waals surface area (Å²) in [5, 5.41) is 15.9. The number of aromatic nitrogens is 2. The lowest BCUT2D eigenvalue weighted by atomic mass is 9.98. The van der Waals surface area contributed by atoms with Gasteiger partial charge in [0, 0.05) is 61.8 Å². The molecule has 3 aromatic rings. The Morgan fingerprint density at radius 2 is 1.65 bits per heavy atom. The number of fused-ring (bicyclic) bond motifs is 1. The molecule has 0 spiro atoms. The van der Waals surface area contributed by atoms with Crippen LogP contribution in [0.3, 0.4) is 0 Å². The quantitative estimate of drug-likeness (QED) is 0.676. The smallest absolute Gasteiger partial charge is 0.134 e. The third-order valence-corrected chi connectivity index (χ3v) is 4.48. The van der Waals surface area contributed by atoms with Crippen molar-refractivity contribution in [2.24, 2.45) is 7.05 Å². The maximum absolute atomic E-state index is 6.36. The molecule has 3 rings (SSSR count). The molecule has 0 radical (unpaired) electrons. The zero-order valence-corrected chi connectivity index (χ0v) is 14.4. The first kappa shape index (κ1) is 15.5. The van der Waals surface area contributed by atoms with Crippen LogP contribution in [0.5, 0.6) is 0 Å². The van der Waals surface area contributed by atoms with Gasteiger partial charge in [0.15, 0.2) is 0 Å². The molecule has 0 saturated carbocycles. The summed E-state index contributed by atoms with van der Waals surface area (Å²) in [5.74, 6) is 0. The predicted octanol–water partition coefficient (Wildman–Crippen LogP) is 4.02.